The summed E-state index contributed by atoms with van der Waals surface area (Å²) in [5.74, 6) is -0.0819. The van der Waals surface area contributed by atoms with E-state index in [-0.39, 0.29) is 5.91 Å². The van der Waals surface area contributed by atoms with E-state index in [0.29, 0.717) is 36.2 Å². The fourth-order valence-electron chi connectivity index (χ4n) is 1.95. The van der Waals surface area contributed by atoms with Gasteiger partial charge in [-0.1, -0.05) is 29.3 Å². The number of rotatable bonds is 3. The maximum Gasteiger partial charge on any atom is 0.246 e. The molecule has 4 nitrogen and oxygen atoms in total. The summed E-state index contributed by atoms with van der Waals surface area (Å²) in [6, 6.07) is 5.12. The molecular weight excluding hydrogens is 299 g/mol. The van der Waals surface area contributed by atoms with Crippen molar-refractivity contribution in [1.29, 1.82) is 0 Å². The minimum Gasteiger partial charge on any atom is -0.342 e. The van der Waals surface area contributed by atoms with E-state index < -0.39 is 0 Å². The van der Waals surface area contributed by atoms with Crippen LogP contribution in [0.25, 0.3) is 6.08 Å². The Balaban J connectivity index is 1.97. The number of hydrogen-bond donors (Lipinski definition) is 0. The average Bonchev–Trinajstić information content (AvgIpc) is 2.46. The summed E-state index contributed by atoms with van der Waals surface area (Å²) in [5.41, 5.74) is 0.746. The number of amides is 2. The molecule has 1 heterocycles. The first-order chi connectivity index (χ1) is 9.60. The number of benzene rings is 1. The van der Waals surface area contributed by atoms with Crippen LogP contribution in [-0.2, 0) is 9.59 Å². The van der Waals surface area contributed by atoms with E-state index in [1.807, 2.05) is 0 Å². The van der Waals surface area contributed by atoms with E-state index in [4.69, 9.17) is 23.2 Å². The highest BCUT2D eigenvalue weighted by Crippen LogP contribution is 2.22. The van der Waals surface area contributed by atoms with Gasteiger partial charge in [0.05, 0.1) is 0 Å². The molecule has 0 aliphatic carbocycles. The fraction of sp³-hybridized carbons (Fsp3) is 0.286. The quantitative estimate of drug-likeness (QED) is 0.635. The summed E-state index contributed by atoms with van der Waals surface area (Å²) in [4.78, 5) is 26.0. The van der Waals surface area contributed by atoms with Gasteiger partial charge in [0.15, 0.2) is 0 Å². The Hall–Kier alpha value is -1.52. The lowest BCUT2D eigenvalue weighted by molar-refractivity contribution is -0.130. The third-order valence-electron chi connectivity index (χ3n) is 3.14. The summed E-state index contributed by atoms with van der Waals surface area (Å²) < 4.78 is 0. The molecule has 20 heavy (non-hydrogen) atoms. The Morgan fingerprint density at radius 2 is 1.85 bits per heavy atom. The molecule has 2 rings (SSSR count). The number of hydrogen-bond acceptors (Lipinski definition) is 2. The van der Waals surface area contributed by atoms with Crippen LogP contribution in [0.15, 0.2) is 24.3 Å². The van der Waals surface area contributed by atoms with Crippen LogP contribution in [0.5, 0.6) is 0 Å². The smallest absolute Gasteiger partial charge is 0.246 e. The molecule has 0 aromatic heterocycles. The van der Waals surface area contributed by atoms with Crippen LogP contribution in [0.4, 0.5) is 0 Å². The lowest BCUT2D eigenvalue weighted by Gasteiger charge is -2.31. The Labute approximate surface area is 127 Å². The third-order valence-corrected chi connectivity index (χ3v) is 3.71. The second-order valence-corrected chi connectivity index (χ2v) is 5.31. The molecular formula is C14H14Cl2N2O2. The Kier molecular flexibility index (Phi) is 5.04. The van der Waals surface area contributed by atoms with Crippen molar-refractivity contribution in [2.24, 2.45) is 0 Å². The lowest BCUT2D eigenvalue weighted by Crippen LogP contribution is -2.47. The molecule has 1 aliphatic heterocycles. The first-order valence-corrected chi connectivity index (χ1v) is 6.97. The standard InChI is InChI=1S/C14H14Cl2N2O2/c15-12-3-1-11(13(16)9-12)2-4-14(20)18-7-5-17(10-19)6-8-18/h1-4,9-10H,5-8H2/b4-2+. The van der Waals surface area contributed by atoms with Gasteiger partial charge in [0.2, 0.25) is 12.3 Å². The summed E-state index contributed by atoms with van der Waals surface area (Å²) in [5, 5.41) is 1.07. The van der Waals surface area contributed by atoms with Crippen LogP contribution in [0.2, 0.25) is 10.0 Å². The minimum absolute atomic E-state index is 0.0819. The molecule has 6 heteroatoms. The van der Waals surface area contributed by atoms with Gasteiger partial charge in [-0.05, 0) is 23.8 Å². The number of carbonyl (C=O) groups is 2. The first kappa shape index (κ1) is 14.9. The second kappa shape index (κ2) is 6.77. The zero-order valence-corrected chi connectivity index (χ0v) is 12.3. The highest BCUT2D eigenvalue weighted by molar-refractivity contribution is 6.35. The molecule has 2 amide bonds. The molecule has 0 unspecified atom stereocenters. The lowest BCUT2D eigenvalue weighted by atomic mass is 10.2. The number of nitrogens with zero attached hydrogens (tertiary/aromatic N) is 2. The summed E-state index contributed by atoms with van der Waals surface area (Å²) in [7, 11) is 0. The topological polar surface area (TPSA) is 40.6 Å². The zero-order chi connectivity index (χ0) is 14.5. The van der Waals surface area contributed by atoms with Crippen LogP contribution in [0.1, 0.15) is 5.56 Å². The van der Waals surface area contributed by atoms with Crippen LogP contribution in [-0.4, -0.2) is 48.3 Å². The van der Waals surface area contributed by atoms with Crippen LogP contribution in [0, 0.1) is 0 Å². The van der Waals surface area contributed by atoms with Gasteiger partial charge < -0.3 is 9.80 Å². The molecule has 1 fully saturated rings. The fourth-order valence-corrected chi connectivity index (χ4v) is 2.42. The summed E-state index contributed by atoms with van der Waals surface area (Å²) in [6.45, 7) is 2.25. The maximum atomic E-state index is 12.0. The molecule has 0 radical (unpaired) electrons. The van der Waals surface area contributed by atoms with Gasteiger partial charge in [0.25, 0.3) is 0 Å². The molecule has 1 aromatic carbocycles. The predicted molar refractivity (Wildman–Crippen MR) is 79.7 cm³/mol. The van der Waals surface area contributed by atoms with Crippen molar-refractivity contribution in [1.82, 2.24) is 9.80 Å². The van der Waals surface area contributed by atoms with Gasteiger partial charge in [0.1, 0.15) is 0 Å². The van der Waals surface area contributed by atoms with Crippen molar-refractivity contribution in [3.8, 4) is 0 Å². The van der Waals surface area contributed by atoms with Gasteiger partial charge in [-0.25, -0.2) is 0 Å². The number of piperazine rings is 1. The largest absolute Gasteiger partial charge is 0.342 e. The molecule has 0 atom stereocenters. The molecule has 0 spiro atoms. The first-order valence-electron chi connectivity index (χ1n) is 6.21. The molecule has 0 N–H and O–H groups in total. The highest BCUT2D eigenvalue weighted by Gasteiger charge is 2.18. The third kappa shape index (κ3) is 3.74. The van der Waals surface area contributed by atoms with Crippen molar-refractivity contribution in [2.45, 2.75) is 0 Å². The van der Waals surface area contributed by atoms with Crippen molar-refractivity contribution >= 4 is 41.6 Å². The predicted octanol–water partition coefficient (Wildman–Crippen LogP) is 2.31. The molecule has 1 aromatic rings. The molecule has 0 saturated carbocycles. The van der Waals surface area contributed by atoms with Gasteiger partial charge in [-0.2, -0.15) is 0 Å². The van der Waals surface area contributed by atoms with Gasteiger partial charge in [-0.3, -0.25) is 9.59 Å². The number of carbonyl (C=O) groups excluding carboxylic acids is 2. The summed E-state index contributed by atoms with van der Waals surface area (Å²) in [6.07, 6.45) is 3.98. The molecule has 106 valence electrons. The Morgan fingerprint density at radius 3 is 2.45 bits per heavy atom. The van der Waals surface area contributed by atoms with E-state index in [9.17, 15) is 9.59 Å². The number of halogens is 2. The van der Waals surface area contributed by atoms with Gasteiger partial charge in [0, 0.05) is 42.3 Å². The van der Waals surface area contributed by atoms with Crippen LogP contribution >= 0.6 is 23.2 Å². The van der Waals surface area contributed by atoms with Crippen molar-refractivity contribution in [3.63, 3.8) is 0 Å². The molecule has 0 bridgehead atoms. The normalized spacial score (nSPS) is 15.7. The summed E-state index contributed by atoms with van der Waals surface area (Å²) >= 11 is 11.8. The van der Waals surface area contributed by atoms with E-state index in [1.165, 1.54) is 6.08 Å². The SMILES string of the molecule is O=CN1CCN(C(=O)/C=C/c2ccc(Cl)cc2Cl)CC1. The zero-order valence-electron chi connectivity index (χ0n) is 10.8. The van der Waals surface area contributed by atoms with Crippen molar-refractivity contribution in [3.05, 3.63) is 39.9 Å². The van der Waals surface area contributed by atoms with Crippen LogP contribution < -0.4 is 0 Å². The van der Waals surface area contributed by atoms with Crippen molar-refractivity contribution < 1.29 is 9.59 Å². The van der Waals surface area contributed by atoms with Crippen molar-refractivity contribution in [2.75, 3.05) is 26.2 Å². The molecule has 1 aliphatic rings. The van der Waals surface area contributed by atoms with E-state index in [2.05, 4.69) is 0 Å². The maximum absolute atomic E-state index is 12.0. The highest BCUT2D eigenvalue weighted by atomic mass is 35.5. The Bertz CT molecular complexity index is 538. The molecule has 1 saturated heterocycles. The van der Waals surface area contributed by atoms with Crippen LogP contribution in [0.3, 0.4) is 0 Å². The van der Waals surface area contributed by atoms with E-state index >= 15 is 0 Å². The Morgan fingerprint density at radius 1 is 1.15 bits per heavy atom. The van der Waals surface area contributed by atoms with E-state index in [0.717, 1.165) is 12.0 Å². The van der Waals surface area contributed by atoms with Gasteiger partial charge in [-0.15, -0.1) is 0 Å². The monoisotopic (exact) mass is 312 g/mol. The van der Waals surface area contributed by atoms with Gasteiger partial charge >= 0.3 is 0 Å². The second-order valence-electron chi connectivity index (χ2n) is 4.47. The van der Waals surface area contributed by atoms with E-state index in [1.54, 1.807) is 34.1 Å². The average molecular weight is 313 g/mol. The minimum atomic E-state index is -0.0819.